The van der Waals surface area contributed by atoms with Crippen LogP contribution in [0.2, 0.25) is 0 Å². The molecule has 2 fully saturated rings. The molecular weight excluding hydrogens is 436 g/mol. The summed E-state index contributed by atoms with van der Waals surface area (Å²) in [4.78, 5) is 44.5. The number of para-hydroxylation sites is 1. The number of nitrogens with one attached hydrogen (secondary N) is 1. The second kappa shape index (κ2) is 10.2. The first-order valence-electron chi connectivity index (χ1n) is 11.8. The molecule has 0 radical (unpaired) electrons. The number of carbonyl (C=O) groups is 3. The summed E-state index contributed by atoms with van der Waals surface area (Å²) in [5, 5.41) is 2.87. The minimum absolute atomic E-state index is 0.118. The van der Waals surface area contributed by atoms with Gasteiger partial charge in [-0.05, 0) is 68.2 Å². The van der Waals surface area contributed by atoms with Crippen molar-refractivity contribution >= 4 is 35.4 Å². The second-order valence-corrected chi connectivity index (χ2v) is 10.3. The minimum Gasteiger partial charge on any atom is -0.338 e. The number of unbranched alkanes of at least 4 members (excludes halogenated alkanes) is 1. The maximum absolute atomic E-state index is 13.6. The molecule has 4 rings (SSSR count). The van der Waals surface area contributed by atoms with Crippen LogP contribution in [0.1, 0.15) is 32.1 Å². The van der Waals surface area contributed by atoms with Gasteiger partial charge in [-0.25, -0.2) is 14.5 Å². The van der Waals surface area contributed by atoms with Crippen LogP contribution in [0.15, 0.2) is 41.3 Å². The maximum Gasteiger partial charge on any atom is 0.332 e. The number of fused-ring (bicyclic) bond motifs is 2. The minimum atomic E-state index is -0.444. The smallest absolute Gasteiger partial charge is 0.332 e. The van der Waals surface area contributed by atoms with Crippen molar-refractivity contribution < 1.29 is 14.4 Å². The number of urea groups is 2. The Hall–Kier alpha value is -2.48. The summed E-state index contributed by atoms with van der Waals surface area (Å²) in [7, 11) is 3.42. The van der Waals surface area contributed by atoms with Gasteiger partial charge in [0.25, 0.3) is 5.91 Å². The molecule has 8 heteroatoms. The van der Waals surface area contributed by atoms with Crippen LogP contribution < -0.4 is 10.2 Å². The Morgan fingerprint density at radius 1 is 1.15 bits per heavy atom. The number of hydrogen-bond donors (Lipinski definition) is 1. The van der Waals surface area contributed by atoms with Crippen molar-refractivity contribution in [1.82, 2.24) is 15.1 Å². The zero-order valence-corrected chi connectivity index (χ0v) is 20.5. The second-order valence-electron chi connectivity index (χ2n) is 9.46. The summed E-state index contributed by atoms with van der Waals surface area (Å²) in [5.41, 5.74) is 0.679. The van der Waals surface area contributed by atoms with Crippen molar-refractivity contribution in [3.8, 4) is 0 Å². The van der Waals surface area contributed by atoms with E-state index >= 15 is 0 Å². The van der Waals surface area contributed by atoms with Crippen LogP contribution in [0, 0.1) is 17.8 Å². The fourth-order valence-corrected chi connectivity index (χ4v) is 5.92. The number of anilines is 1. The van der Waals surface area contributed by atoms with Gasteiger partial charge in [0.05, 0.1) is 5.69 Å². The van der Waals surface area contributed by atoms with Crippen LogP contribution in [-0.4, -0.2) is 67.3 Å². The molecule has 0 aromatic heterocycles. The molecule has 5 amide bonds. The normalized spacial score (nSPS) is 25.9. The van der Waals surface area contributed by atoms with Gasteiger partial charge in [-0.1, -0.05) is 24.3 Å². The van der Waals surface area contributed by atoms with Gasteiger partial charge in [0.15, 0.2) is 0 Å². The maximum atomic E-state index is 13.6. The first kappa shape index (κ1) is 23.7. The van der Waals surface area contributed by atoms with Crippen LogP contribution in [0.3, 0.4) is 0 Å². The molecule has 4 atom stereocenters. The molecule has 1 heterocycles. The summed E-state index contributed by atoms with van der Waals surface area (Å²) >= 11 is 1.54. The zero-order valence-electron chi connectivity index (χ0n) is 19.7. The SMILES string of the molecule is CSc1ccccc1N1C(=O)[C@H](CCCCNC(=O)N(C)C)N(CC2CC3C=CC2C3)C1=O. The number of amides is 5. The molecule has 1 aromatic rings. The zero-order chi connectivity index (χ0) is 23.5. The van der Waals surface area contributed by atoms with E-state index in [1.165, 1.54) is 16.2 Å². The summed E-state index contributed by atoms with van der Waals surface area (Å²) in [6, 6.07) is 6.86. The number of thioether (sulfide) groups is 1. The third kappa shape index (κ3) is 4.90. The quantitative estimate of drug-likeness (QED) is 0.254. The summed E-state index contributed by atoms with van der Waals surface area (Å²) in [5.74, 6) is 1.44. The Morgan fingerprint density at radius 2 is 1.94 bits per heavy atom. The molecule has 2 aliphatic carbocycles. The highest BCUT2D eigenvalue weighted by Crippen LogP contribution is 2.45. The van der Waals surface area contributed by atoms with Crippen molar-refractivity contribution in [1.29, 1.82) is 0 Å². The number of benzene rings is 1. The molecule has 1 aromatic carbocycles. The highest BCUT2D eigenvalue weighted by atomic mass is 32.2. The first-order chi connectivity index (χ1) is 15.9. The van der Waals surface area contributed by atoms with E-state index in [0.717, 1.165) is 24.2 Å². The van der Waals surface area contributed by atoms with Gasteiger partial charge in [-0.15, -0.1) is 11.8 Å². The van der Waals surface area contributed by atoms with Gasteiger partial charge < -0.3 is 15.1 Å². The standard InChI is InChI=1S/C25H34N4O3S/c1-27(2)24(31)26-13-7-6-9-21-23(30)29(20-8-4-5-10-22(20)33-3)25(32)28(21)16-19-15-17-11-12-18(19)14-17/h4-5,8,10-12,17-19,21H,6-7,9,13-16H2,1-3H3,(H,26,31)/t17?,18?,19?,21-/m0/s1. The molecule has 178 valence electrons. The molecular formula is C25H34N4O3S. The van der Waals surface area contributed by atoms with Gasteiger partial charge in [0.1, 0.15) is 6.04 Å². The predicted octanol–water partition coefficient (Wildman–Crippen LogP) is 4.20. The van der Waals surface area contributed by atoms with E-state index < -0.39 is 6.04 Å². The number of allylic oxidation sites excluding steroid dienone is 2. The Balaban J connectivity index is 1.47. The monoisotopic (exact) mass is 470 g/mol. The Kier molecular flexibility index (Phi) is 7.32. The van der Waals surface area contributed by atoms with Crippen molar-refractivity contribution in [2.45, 2.75) is 43.0 Å². The number of nitrogens with zero attached hydrogens (tertiary/aromatic N) is 3. The lowest BCUT2D eigenvalue weighted by Crippen LogP contribution is -2.40. The molecule has 7 nitrogen and oxygen atoms in total. The van der Waals surface area contributed by atoms with Crippen LogP contribution in [0.4, 0.5) is 15.3 Å². The van der Waals surface area contributed by atoms with Gasteiger partial charge >= 0.3 is 12.1 Å². The van der Waals surface area contributed by atoms with Gasteiger partial charge in [0, 0.05) is 32.1 Å². The Bertz CT molecular complexity index is 934. The van der Waals surface area contributed by atoms with E-state index in [1.807, 2.05) is 35.4 Å². The van der Waals surface area contributed by atoms with Gasteiger partial charge in [-0.2, -0.15) is 0 Å². The van der Waals surface area contributed by atoms with E-state index in [0.29, 0.717) is 43.0 Å². The van der Waals surface area contributed by atoms with E-state index in [1.54, 1.807) is 25.9 Å². The molecule has 1 N–H and O–H groups in total. The Labute approximate surface area is 200 Å². The fraction of sp³-hybridized carbons (Fsp3) is 0.560. The van der Waals surface area contributed by atoms with Crippen molar-refractivity contribution in [3.05, 3.63) is 36.4 Å². The number of rotatable bonds is 9. The first-order valence-corrected chi connectivity index (χ1v) is 13.0. The molecule has 1 saturated heterocycles. The highest BCUT2D eigenvalue weighted by Gasteiger charge is 2.48. The van der Waals surface area contributed by atoms with Crippen LogP contribution >= 0.6 is 11.8 Å². The summed E-state index contributed by atoms with van der Waals surface area (Å²) in [6.45, 7) is 1.19. The lowest BCUT2D eigenvalue weighted by atomic mass is 9.92. The van der Waals surface area contributed by atoms with Crippen molar-refractivity contribution in [2.24, 2.45) is 17.8 Å². The van der Waals surface area contributed by atoms with E-state index in [9.17, 15) is 14.4 Å². The molecule has 33 heavy (non-hydrogen) atoms. The third-order valence-electron chi connectivity index (χ3n) is 7.08. The molecule has 0 spiro atoms. The number of carbonyl (C=O) groups excluding carboxylic acids is 3. The van der Waals surface area contributed by atoms with E-state index in [2.05, 4.69) is 17.5 Å². The molecule has 3 aliphatic rings. The summed E-state index contributed by atoms with van der Waals surface area (Å²) < 4.78 is 0. The van der Waals surface area contributed by atoms with Crippen molar-refractivity contribution in [2.75, 3.05) is 38.3 Å². The highest BCUT2D eigenvalue weighted by molar-refractivity contribution is 7.98. The van der Waals surface area contributed by atoms with Gasteiger partial charge in [-0.3, -0.25) is 4.79 Å². The predicted molar refractivity (Wildman–Crippen MR) is 131 cm³/mol. The topological polar surface area (TPSA) is 73.0 Å². The lowest BCUT2D eigenvalue weighted by molar-refractivity contribution is -0.120. The largest absolute Gasteiger partial charge is 0.338 e. The molecule has 1 aliphatic heterocycles. The van der Waals surface area contributed by atoms with Crippen LogP contribution in [-0.2, 0) is 4.79 Å². The average Bonchev–Trinajstić information content (AvgIpc) is 3.48. The van der Waals surface area contributed by atoms with Gasteiger partial charge in [0.2, 0.25) is 0 Å². The Morgan fingerprint density at radius 3 is 2.61 bits per heavy atom. The summed E-state index contributed by atoms with van der Waals surface area (Å²) in [6.07, 6.45) is 11.0. The molecule has 1 saturated carbocycles. The van der Waals surface area contributed by atoms with E-state index in [-0.39, 0.29) is 18.0 Å². The third-order valence-corrected chi connectivity index (χ3v) is 7.86. The van der Waals surface area contributed by atoms with Crippen molar-refractivity contribution in [3.63, 3.8) is 0 Å². The lowest BCUT2D eigenvalue weighted by Gasteiger charge is -2.28. The number of hydrogen-bond acceptors (Lipinski definition) is 4. The average molecular weight is 471 g/mol. The van der Waals surface area contributed by atoms with E-state index in [4.69, 9.17) is 0 Å². The fourth-order valence-electron chi connectivity index (χ4n) is 5.33. The van der Waals surface area contributed by atoms with Crippen LogP contribution in [0.25, 0.3) is 0 Å². The van der Waals surface area contributed by atoms with Crippen LogP contribution in [0.5, 0.6) is 0 Å². The number of imide groups is 1. The molecule has 3 unspecified atom stereocenters. The molecule has 2 bridgehead atoms.